The van der Waals surface area contributed by atoms with Crippen LogP contribution in [0.1, 0.15) is 25.8 Å². The number of rotatable bonds is 14. The minimum atomic E-state index is -4.43. The largest absolute Gasteiger partial charge is 0.444 e. The number of benzene rings is 2. The van der Waals surface area contributed by atoms with Crippen LogP contribution in [-0.2, 0) is 32.3 Å². The molecule has 3 amide bonds. The number of dihydropyridines is 1. The lowest BCUT2D eigenvalue weighted by molar-refractivity contribution is -0.158. The van der Waals surface area contributed by atoms with Gasteiger partial charge >= 0.3 is 12.0 Å². The van der Waals surface area contributed by atoms with Gasteiger partial charge in [-0.1, -0.05) is 86.7 Å². The summed E-state index contributed by atoms with van der Waals surface area (Å²) in [7, 11) is 0. The topological polar surface area (TPSA) is 161 Å². The molecule has 4 N–H and O–H groups in total. The number of hydrogen-bond donors (Lipinski definition) is 4. The van der Waals surface area contributed by atoms with Crippen LogP contribution in [0.4, 0.5) is 19.3 Å². The van der Waals surface area contributed by atoms with Gasteiger partial charge in [-0.05, 0) is 30.2 Å². The molecule has 2 aromatic carbocycles. The molecule has 0 radical (unpaired) electrons. The Morgan fingerprint density at radius 3 is 2.33 bits per heavy atom. The minimum Gasteiger partial charge on any atom is -0.444 e. The normalized spacial score (nSPS) is 15.4. The van der Waals surface area contributed by atoms with E-state index < -0.39 is 53.8 Å². The fraction of sp³-hybridized carbons (Fsp3) is 0.294. The summed E-state index contributed by atoms with van der Waals surface area (Å²) in [5, 5.41) is 9.65. The van der Waals surface area contributed by atoms with Crippen molar-refractivity contribution < 1.29 is 32.7 Å². The maximum absolute atomic E-state index is 14.7. The number of allylic oxidation sites excluding steroid dienone is 2. The molecular weight excluding hydrogens is 626 g/mol. The molecule has 0 spiro atoms. The van der Waals surface area contributed by atoms with Gasteiger partial charge in [0.05, 0.1) is 18.3 Å². The summed E-state index contributed by atoms with van der Waals surface area (Å²) in [4.78, 5) is 67.6. The van der Waals surface area contributed by atoms with Crippen molar-refractivity contribution >= 4 is 29.4 Å². The number of hydrogen-bond acceptors (Lipinski definition) is 8. The lowest BCUT2D eigenvalue weighted by atomic mass is 9.82. The third kappa shape index (κ3) is 8.78. The van der Waals surface area contributed by atoms with Gasteiger partial charge in [0.2, 0.25) is 11.7 Å². The lowest BCUT2D eigenvalue weighted by Crippen LogP contribution is -2.52. The number of ether oxygens (including phenoxy) is 1. The number of nitrogens with one attached hydrogen (secondary N) is 4. The van der Waals surface area contributed by atoms with Gasteiger partial charge in [0.1, 0.15) is 24.7 Å². The van der Waals surface area contributed by atoms with Crippen LogP contribution in [0.2, 0.25) is 0 Å². The molecule has 1 aliphatic heterocycles. The van der Waals surface area contributed by atoms with Gasteiger partial charge in [-0.25, -0.2) is 9.78 Å². The molecule has 14 heteroatoms. The predicted molar refractivity (Wildman–Crippen MR) is 174 cm³/mol. The van der Waals surface area contributed by atoms with Crippen LogP contribution in [0, 0.1) is 5.92 Å². The van der Waals surface area contributed by atoms with E-state index in [1.54, 1.807) is 72.9 Å². The number of carbonyl (C=O) groups is 4. The lowest BCUT2D eigenvalue weighted by Gasteiger charge is -2.37. The molecule has 0 saturated heterocycles. The molecule has 1 aliphatic rings. The SMILES string of the molecule is CC(C)C1(CCNC(=O)C(F)(F)C(=O)CNC(=O)Cn2c(-c3ccccc3)ncc(NC(=O)OCc3ccccc3)c2=O)C=CC=CN1. The Bertz CT molecular complexity index is 1740. The highest BCUT2D eigenvalue weighted by Gasteiger charge is 2.46. The molecule has 1 aromatic heterocycles. The summed E-state index contributed by atoms with van der Waals surface area (Å²) in [6.07, 6.45) is 7.65. The smallest absolute Gasteiger partial charge is 0.412 e. The Morgan fingerprint density at radius 2 is 1.69 bits per heavy atom. The number of halogens is 2. The Balaban J connectivity index is 1.39. The summed E-state index contributed by atoms with van der Waals surface area (Å²) in [6, 6.07) is 17.2. The van der Waals surface area contributed by atoms with E-state index in [1.807, 2.05) is 26.0 Å². The third-order valence-electron chi connectivity index (χ3n) is 7.72. The van der Waals surface area contributed by atoms with E-state index in [0.717, 1.165) is 10.8 Å². The number of Topliss-reactive ketones (excluding diaryl/α,β-unsaturated/α-hetero) is 1. The highest BCUT2D eigenvalue weighted by molar-refractivity contribution is 6.09. The summed E-state index contributed by atoms with van der Waals surface area (Å²) in [5.74, 6) is -8.94. The predicted octanol–water partition coefficient (Wildman–Crippen LogP) is 3.55. The second-order valence-corrected chi connectivity index (χ2v) is 11.3. The number of ketones is 1. The molecule has 252 valence electrons. The highest BCUT2D eigenvalue weighted by atomic mass is 19.3. The Labute approximate surface area is 275 Å². The van der Waals surface area contributed by atoms with Gasteiger partial charge in [-0.2, -0.15) is 8.78 Å². The van der Waals surface area contributed by atoms with Gasteiger partial charge in [-0.3, -0.25) is 29.1 Å². The van der Waals surface area contributed by atoms with E-state index in [2.05, 4.69) is 26.3 Å². The molecule has 2 heterocycles. The molecule has 0 aliphatic carbocycles. The van der Waals surface area contributed by atoms with Crippen LogP contribution in [0.3, 0.4) is 0 Å². The Hall–Kier alpha value is -5.66. The van der Waals surface area contributed by atoms with E-state index in [-0.39, 0.29) is 37.0 Å². The summed E-state index contributed by atoms with van der Waals surface area (Å²) in [6.45, 7) is 1.75. The molecule has 3 aromatic rings. The van der Waals surface area contributed by atoms with Gasteiger partial charge < -0.3 is 20.7 Å². The molecule has 48 heavy (non-hydrogen) atoms. The van der Waals surface area contributed by atoms with Crippen molar-refractivity contribution in [1.82, 2.24) is 25.5 Å². The number of amides is 3. The third-order valence-corrected chi connectivity index (χ3v) is 7.72. The van der Waals surface area contributed by atoms with Crippen LogP contribution in [0.15, 0.2) is 96.1 Å². The van der Waals surface area contributed by atoms with Crippen LogP contribution in [-0.4, -0.2) is 57.8 Å². The first-order chi connectivity index (χ1) is 22.9. The van der Waals surface area contributed by atoms with Gasteiger partial charge in [0.15, 0.2) is 0 Å². The second kappa shape index (κ2) is 15.8. The molecule has 1 atom stereocenters. The van der Waals surface area contributed by atoms with E-state index in [1.165, 1.54) is 0 Å². The fourth-order valence-corrected chi connectivity index (χ4v) is 4.86. The van der Waals surface area contributed by atoms with Crippen molar-refractivity contribution in [2.75, 3.05) is 18.4 Å². The molecular formula is C34H36F2N6O6. The summed E-state index contributed by atoms with van der Waals surface area (Å²) < 4.78 is 35.5. The number of anilines is 1. The van der Waals surface area contributed by atoms with Crippen LogP contribution < -0.4 is 26.8 Å². The minimum absolute atomic E-state index is 0.0342. The quantitative estimate of drug-likeness (QED) is 0.191. The first-order valence-corrected chi connectivity index (χ1v) is 15.1. The van der Waals surface area contributed by atoms with Crippen molar-refractivity contribution in [2.24, 2.45) is 5.92 Å². The summed E-state index contributed by atoms with van der Waals surface area (Å²) in [5.41, 5.74) is -0.564. The zero-order chi connectivity index (χ0) is 34.7. The van der Waals surface area contributed by atoms with E-state index >= 15 is 0 Å². The van der Waals surface area contributed by atoms with Crippen molar-refractivity contribution in [3.8, 4) is 11.4 Å². The van der Waals surface area contributed by atoms with Crippen molar-refractivity contribution in [3.05, 3.63) is 107 Å². The van der Waals surface area contributed by atoms with Crippen molar-refractivity contribution in [2.45, 2.75) is 44.9 Å². The Morgan fingerprint density at radius 1 is 1.00 bits per heavy atom. The number of alkyl halides is 2. The van der Waals surface area contributed by atoms with E-state index in [0.29, 0.717) is 11.1 Å². The van der Waals surface area contributed by atoms with Crippen LogP contribution in [0.25, 0.3) is 11.4 Å². The molecule has 0 saturated carbocycles. The molecule has 1 unspecified atom stereocenters. The van der Waals surface area contributed by atoms with Gasteiger partial charge in [0, 0.05) is 12.1 Å². The van der Waals surface area contributed by atoms with Crippen LogP contribution in [0.5, 0.6) is 0 Å². The zero-order valence-corrected chi connectivity index (χ0v) is 26.4. The average molecular weight is 663 g/mol. The van der Waals surface area contributed by atoms with Crippen molar-refractivity contribution in [1.29, 1.82) is 0 Å². The monoisotopic (exact) mass is 662 g/mol. The number of carbonyl (C=O) groups excluding carboxylic acids is 4. The van der Waals surface area contributed by atoms with E-state index in [9.17, 15) is 32.8 Å². The maximum Gasteiger partial charge on any atom is 0.412 e. The van der Waals surface area contributed by atoms with Gasteiger partial charge in [0.25, 0.3) is 11.5 Å². The second-order valence-electron chi connectivity index (χ2n) is 11.3. The van der Waals surface area contributed by atoms with Crippen molar-refractivity contribution in [3.63, 3.8) is 0 Å². The zero-order valence-electron chi connectivity index (χ0n) is 26.4. The molecule has 0 fully saturated rings. The molecule has 0 bridgehead atoms. The number of nitrogens with zero attached hydrogens (tertiary/aromatic N) is 2. The summed E-state index contributed by atoms with van der Waals surface area (Å²) >= 11 is 0. The average Bonchev–Trinajstić information content (AvgIpc) is 3.09. The molecule has 12 nitrogen and oxygen atoms in total. The first kappa shape index (κ1) is 35.2. The highest BCUT2D eigenvalue weighted by Crippen LogP contribution is 2.25. The number of aromatic nitrogens is 2. The van der Waals surface area contributed by atoms with Crippen LogP contribution >= 0.6 is 0 Å². The van der Waals surface area contributed by atoms with E-state index in [4.69, 9.17) is 4.74 Å². The Kier molecular flexibility index (Phi) is 11.6. The first-order valence-electron chi connectivity index (χ1n) is 15.1. The molecule has 4 rings (SSSR count). The fourth-order valence-electron chi connectivity index (χ4n) is 4.86. The maximum atomic E-state index is 14.7. The standard InChI is InChI=1S/C34H36F2N6O6/c1-23(2)33(15-9-10-17-40-33)16-18-37-31(46)34(35,36)27(43)20-38-28(44)21-42-29(25-13-7-4-8-14-25)39-19-26(30(42)45)41-32(47)48-22-24-11-5-3-6-12-24/h3-15,17,19,23,40H,16,18,20-22H2,1-2H3,(H,37,46)(H,38,44)(H,41,47). The van der Waals surface area contributed by atoms with Gasteiger partial charge in [-0.15, -0.1) is 0 Å².